The van der Waals surface area contributed by atoms with Gasteiger partial charge < -0.3 is 10.2 Å². The summed E-state index contributed by atoms with van der Waals surface area (Å²) in [6.45, 7) is 4.01. The second kappa shape index (κ2) is 12.5. The van der Waals surface area contributed by atoms with Gasteiger partial charge in [-0.1, -0.05) is 70.5 Å². The van der Waals surface area contributed by atoms with Gasteiger partial charge in [-0.05, 0) is 49.9 Å². The Morgan fingerprint density at radius 3 is 2.21 bits per heavy atom. The Balaban J connectivity index is 1.59. The second-order valence-electron chi connectivity index (χ2n) is 10.3. The molecule has 1 fully saturated rings. The molecule has 1 aliphatic carbocycles. The number of nitrogens with one attached hydrogen (secondary N) is 1. The van der Waals surface area contributed by atoms with Crippen molar-refractivity contribution in [3.05, 3.63) is 82.3 Å². The van der Waals surface area contributed by atoms with E-state index in [1.165, 1.54) is 4.90 Å². The topological polar surface area (TPSA) is 86.8 Å². The normalized spacial score (nSPS) is 19.4. The van der Waals surface area contributed by atoms with Crippen LogP contribution in [0, 0.1) is 11.8 Å². The molecule has 2 aromatic rings. The van der Waals surface area contributed by atoms with Crippen molar-refractivity contribution in [3.63, 3.8) is 0 Å². The molecule has 4 rings (SSSR count). The molecule has 1 heterocycles. The van der Waals surface area contributed by atoms with Crippen LogP contribution >= 0.6 is 15.9 Å². The summed E-state index contributed by atoms with van der Waals surface area (Å²) in [6, 6.07) is 16.4. The zero-order valence-corrected chi connectivity index (χ0v) is 23.4. The number of benzene rings is 2. The van der Waals surface area contributed by atoms with Crippen LogP contribution in [0.2, 0.25) is 0 Å². The molecule has 0 radical (unpaired) electrons. The van der Waals surface area contributed by atoms with E-state index in [9.17, 15) is 19.2 Å². The molecule has 3 atom stereocenters. The van der Waals surface area contributed by atoms with Gasteiger partial charge in [-0.3, -0.25) is 24.1 Å². The van der Waals surface area contributed by atoms with E-state index in [-0.39, 0.29) is 61.0 Å². The molecule has 4 amide bonds. The van der Waals surface area contributed by atoms with Gasteiger partial charge in [0.05, 0.1) is 11.8 Å². The minimum absolute atomic E-state index is 0.0162. The fourth-order valence-electron chi connectivity index (χ4n) is 5.21. The number of nitrogens with zero attached hydrogens (tertiary/aromatic N) is 2. The van der Waals surface area contributed by atoms with Crippen molar-refractivity contribution < 1.29 is 19.2 Å². The fraction of sp³-hybridized carbons (Fsp3) is 0.400. The number of likely N-dealkylation sites (tertiary alicyclic amines) is 1. The maximum absolute atomic E-state index is 13.8. The Bertz CT molecular complexity index is 1190. The third kappa shape index (κ3) is 6.59. The van der Waals surface area contributed by atoms with Crippen molar-refractivity contribution >= 4 is 39.6 Å². The first-order chi connectivity index (χ1) is 18.2. The predicted molar refractivity (Wildman–Crippen MR) is 149 cm³/mol. The summed E-state index contributed by atoms with van der Waals surface area (Å²) in [5.74, 6) is -1.58. The molecule has 0 bridgehead atoms. The maximum Gasteiger partial charge on any atom is 0.243 e. The molecule has 1 N–H and O–H groups in total. The number of imide groups is 1. The van der Waals surface area contributed by atoms with Crippen molar-refractivity contribution in [1.82, 2.24) is 15.1 Å². The Morgan fingerprint density at radius 1 is 0.974 bits per heavy atom. The SMILES string of the molecule is CC(C)NC(=O)[C@H](Cc1ccccc1)N(Cc1cccc(Br)c1)C(=O)CCN1C(=O)[C@H]2CC=CC[C@H]2C1=O. The van der Waals surface area contributed by atoms with Gasteiger partial charge in [0.1, 0.15) is 6.04 Å². The Hall–Kier alpha value is -3.26. The lowest BCUT2D eigenvalue weighted by Crippen LogP contribution is -2.52. The van der Waals surface area contributed by atoms with Crippen LogP contribution in [0.4, 0.5) is 0 Å². The molecule has 200 valence electrons. The summed E-state index contributed by atoms with van der Waals surface area (Å²) in [5, 5.41) is 2.97. The van der Waals surface area contributed by atoms with Crippen LogP contribution in [0.5, 0.6) is 0 Å². The van der Waals surface area contributed by atoms with Crippen LogP contribution in [0.3, 0.4) is 0 Å². The Morgan fingerprint density at radius 2 is 1.61 bits per heavy atom. The molecule has 1 saturated heterocycles. The number of carbonyl (C=O) groups is 4. The zero-order chi connectivity index (χ0) is 27.2. The second-order valence-corrected chi connectivity index (χ2v) is 11.2. The monoisotopic (exact) mass is 579 g/mol. The molecule has 0 aromatic heterocycles. The summed E-state index contributed by atoms with van der Waals surface area (Å²) in [4.78, 5) is 56.0. The number of fused-ring (bicyclic) bond motifs is 1. The smallest absolute Gasteiger partial charge is 0.243 e. The van der Waals surface area contributed by atoms with Crippen molar-refractivity contribution in [2.24, 2.45) is 11.8 Å². The number of hydrogen-bond donors (Lipinski definition) is 1. The number of carbonyl (C=O) groups excluding carboxylic acids is 4. The summed E-state index contributed by atoms with van der Waals surface area (Å²) in [5.41, 5.74) is 1.80. The summed E-state index contributed by atoms with van der Waals surface area (Å²) >= 11 is 3.49. The zero-order valence-electron chi connectivity index (χ0n) is 21.8. The fourth-order valence-corrected chi connectivity index (χ4v) is 5.65. The lowest BCUT2D eigenvalue weighted by atomic mass is 9.85. The van der Waals surface area contributed by atoms with Gasteiger partial charge >= 0.3 is 0 Å². The highest BCUT2D eigenvalue weighted by Crippen LogP contribution is 2.35. The van der Waals surface area contributed by atoms with Crippen LogP contribution in [0.25, 0.3) is 0 Å². The highest BCUT2D eigenvalue weighted by molar-refractivity contribution is 9.10. The molecule has 8 heteroatoms. The van der Waals surface area contributed by atoms with Gasteiger partial charge in [0.2, 0.25) is 23.6 Å². The Labute approximate surface area is 232 Å². The van der Waals surface area contributed by atoms with E-state index in [2.05, 4.69) is 21.2 Å². The molecule has 2 aliphatic rings. The first-order valence-electron chi connectivity index (χ1n) is 13.1. The summed E-state index contributed by atoms with van der Waals surface area (Å²) in [7, 11) is 0. The molecule has 0 spiro atoms. The molecule has 38 heavy (non-hydrogen) atoms. The highest BCUT2D eigenvalue weighted by atomic mass is 79.9. The van der Waals surface area contributed by atoms with Crippen LogP contribution in [0.15, 0.2) is 71.2 Å². The van der Waals surface area contributed by atoms with E-state index in [4.69, 9.17) is 0 Å². The molecular weight excluding hydrogens is 546 g/mol. The molecule has 0 saturated carbocycles. The van der Waals surface area contributed by atoms with E-state index < -0.39 is 6.04 Å². The van der Waals surface area contributed by atoms with Crippen LogP contribution in [-0.2, 0) is 32.1 Å². The van der Waals surface area contributed by atoms with E-state index in [1.54, 1.807) is 4.90 Å². The first-order valence-corrected chi connectivity index (χ1v) is 13.9. The van der Waals surface area contributed by atoms with Crippen molar-refractivity contribution in [1.29, 1.82) is 0 Å². The number of halogens is 1. The largest absolute Gasteiger partial charge is 0.352 e. The average Bonchev–Trinajstić information content (AvgIpc) is 3.14. The van der Waals surface area contributed by atoms with Crippen molar-refractivity contribution in [2.75, 3.05) is 6.54 Å². The van der Waals surface area contributed by atoms with Gasteiger partial charge in [-0.2, -0.15) is 0 Å². The first kappa shape index (κ1) is 27.8. The number of amides is 4. The minimum Gasteiger partial charge on any atom is -0.352 e. The molecule has 2 aromatic carbocycles. The summed E-state index contributed by atoms with van der Waals surface area (Å²) in [6.07, 6.45) is 5.31. The van der Waals surface area contributed by atoms with Crippen LogP contribution in [-0.4, -0.2) is 52.1 Å². The van der Waals surface area contributed by atoms with Crippen LogP contribution in [0.1, 0.15) is 44.2 Å². The third-order valence-electron chi connectivity index (χ3n) is 7.09. The van der Waals surface area contributed by atoms with Gasteiger partial charge in [0.25, 0.3) is 0 Å². The minimum atomic E-state index is -0.761. The van der Waals surface area contributed by atoms with Crippen molar-refractivity contribution in [2.45, 2.75) is 58.2 Å². The summed E-state index contributed by atoms with van der Waals surface area (Å²) < 4.78 is 0.873. The Kier molecular flexibility index (Phi) is 9.15. The van der Waals surface area contributed by atoms with Crippen molar-refractivity contribution in [3.8, 4) is 0 Å². The van der Waals surface area contributed by atoms with E-state index in [0.29, 0.717) is 19.3 Å². The number of hydrogen-bond acceptors (Lipinski definition) is 4. The maximum atomic E-state index is 13.8. The molecule has 7 nitrogen and oxygen atoms in total. The third-order valence-corrected chi connectivity index (χ3v) is 7.59. The number of rotatable bonds is 10. The molecule has 0 unspecified atom stereocenters. The number of allylic oxidation sites excluding steroid dienone is 2. The van der Waals surface area contributed by atoms with Crippen LogP contribution < -0.4 is 5.32 Å². The highest BCUT2D eigenvalue weighted by Gasteiger charge is 2.47. The van der Waals surface area contributed by atoms with E-state index >= 15 is 0 Å². The van der Waals surface area contributed by atoms with E-state index in [0.717, 1.165) is 15.6 Å². The van der Waals surface area contributed by atoms with Gasteiger partial charge in [0.15, 0.2) is 0 Å². The van der Waals surface area contributed by atoms with E-state index in [1.807, 2.05) is 80.6 Å². The van der Waals surface area contributed by atoms with Gasteiger partial charge in [0, 0.05) is 36.4 Å². The molecule has 1 aliphatic heterocycles. The lowest BCUT2D eigenvalue weighted by molar-refractivity contribution is -0.144. The van der Waals surface area contributed by atoms with Gasteiger partial charge in [-0.25, -0.2) is 0 Å². The lowest BCUT2D eigenvalue weighted by Gasteiger charge is -2.32. The quantitative estimate of drug-likeness (QED) is 0.336. The standard InChI is InChI=1S/C30H34BrN3O4/c1-20(2)32-28(36)26(18-21-9-4-3-5-10-21)34(19-22-11-8-12-23(31)17-22)27(35)15-16-33-29(37)24-13-6-7-14-25(24)30(33)38/h3-12,17,20,24-26H,13-16,18-19H2,1-2H3,(H,32,36)/t24-,25+,26-/m0/s1. The average molecular weight is 581 g/mol. The van der Waals surface area contributed by atoms with Gasteiger partial charge in [-0.15, -0.1) is 0 Å². The predicted octanol–water partition coefficient (Wildman–Crippen LogP) is 4.25. The molecular formula is C30H34BrN3O4.